The fourth-order valence-electron chi connectivity index (χ4n) is 1.07. The van der Waals surface area contributed by atoms with Crippen LogP contribution in [0, 0.1) is 0 Å². The second-order valence-corrected chi connectivity index (χ2v) is 2.49. The third-order valence-electron chi connectivity index (χ3n) is 1.61. The van der Waals surface area contributed by atoms with E-state index in [0.717, 1.165) is 11.3 Å². The Bertz CT molecular complexity index is 332. The zero-order valence-corrected chi connectivity index (χ0v) is 6.28. The summed E-state index contributed by atoms with van der Waals surface area (Å²) in [5.74, 6) is 0. The summed E-state index contributed by atoms with van der Waals surface area (Å²) in [7, 11) is 1.91. The molecule has 0 aliphatic rings. The number of H-pyrrole nitrogens is 1. The van der Waals surface area contributed by atoms with Gasteiger partial charge in [0.05, 0.1) is 6.20 Å². The Balaban J connectivity index is 2.45. The molecule has 3 nitrogen and oxygen atoms in total. The van der Waals surface area contributed by atoms with Crippen LogP contribution in [-0.4, -0.2) is 14.8 Å². The van der Waals surface area contributed by atoms with Crippen LogP contribution in [0.2, 0.25) is 0 Å². The zero-order chi connectivity index (χ0) is 7.68. The summed E-state index contributed by atoms with van der Waals surface area (Å²) in [4.78, 5) is 3.11. The largest absolute Gasteiger partial charge is 0.361 e. The minimum absolute atomic E-state index is 1.11. The van der Waals surface area contributed by atoms with Crippen LogP contribution >= 0.6 is 0 Å². The summed E-state index contributed by atoms with van der Waals surface area (Å²) >= 11 is 0. The Labute approximate surface area is 64.7 Å². The molecule has 0 fully saturated rings. The maximum atomic E-state index is 4.07. The van der Waals surface area contributed by atoms with Gasteiger partial charge >= 0.3 is 0 Å². The molecule has 0 atom stereocenters. The van der Waals surface area contributed by atoms with Crippen LogP contribution in [-0.2, 0) is 7.05 Å². The van der Waals surface area contributed by atoms with Crippen LogP contribution in [0.15, 0.2) is 30.7 Å². The molecule has 2 aromatic rings. The summed E-state index contributed by atoms with van der Waals surface area (Å²) in [6.45, 7) is 0. The first-order valence-corrected chi connectivity index (χ1v) is 3.48. The van der Waals surface area contributed by atoms with Crippen molar-refractivity contribution in [3.8, 4) is 11.3 Å². The van der Waals surface area contributed by atoms with E-state index in [-0.39, 0.29) is 0 Å². The van der Waals surface area contributed by atoms with Gasteiger partial charge in [-0.05, 0) is 12.1 Å². The molecule has 0 radical (unpaired) electrons. The molecule has 0 saturated carbocycles. The van der Waals surface area contributed by atoms with Gasteiger partial charge in [0.2, 0.25) is 0 Å². The minimum Gasteiger partial charge on any atom is -0.361 e. The maximum Gasteiger partial charge on any atom is 0.0583 e. The first kappa shape index (κ1) is 6.22. The fraction of sp³-hybridized carbons (Fsp3) is 0.125. The maximum absolute atomic E-state index is 4.07. The van der Waals surface area contributed by atoms with Crippen molar-refractivity contribution < 1.29 is 0 Å². The van der Waals surface area contributed by atoms with E-state index in [1.54, 1.807) is 4.68 Å². The Morgan fingerprint density at radius 3 is 3.00 bits per heavy atom. The number of aryl methyl sites for hydroxylation is 1. The number of hydrogen-bond donors (Lipinski definition) is 1. The summed E-state index contributed by atoms with van der Waals surface area (Å²) in [6.07, 6.45) is 5.72. The van der Waals surface area contributed by atoms with Gasteiger partial charge in [-0.15, -0.1) is 0 Å². The third-order valence-corrected chi connectivity index (χ3v) is 1.61. The molecule has 0 bridgehead atoms. The number of rotatable bonds is 1. The van der Waals surface area contributed by atoms with Crippen molar-refractivity contribution >= 4 is 0 Å². The molecule has 11 heavy (non-hydrogen) atoms. The molecule has 0 unspecified atom stereocenters. The van der Waals surface area contributed by atoms with E-state index in [9.17, 15) is 0 Å². The van der Waals surface area contributed by atoms with E-state index in [1.165, 1.54) is 0 Å². The van der Waals surface area contributed by atoms with Crippen LogP contribution in [0.4, 0.5) is 0 Å². The highest BCUT2D eigenvalue weighted by Crippen LogP contribution is 2.14. The monoisotopic (exact) mass is 147 g/mol. The number of hydrogen-bond acceptors (Lipinski definition) is 1. The van der Waals surface area contributed by atoms with Crippen molar-refractivity contribution in [1.82, 2.24) is 14.8 Å². The van der Waals surface area contributed by atoms with E-state index in [2.05, 4.69) is 10.1 Å². The quantitative estimate of drug-likeness (QED) is 0.650. The van der Waals surface area contributed by atoms with Gasteiger partial charge in [-0.3, -0.25) is 4.68 Å². The molecule has 56 valence electrons. The first-order valence-electron chi connectivity index (χ1n) is 3.48. The summed E-state index contributed by atoms with van der Waals surface area (Å²) < 4.78 is 1.79. The predicted octanol–water partition coefficient (Wildman–Crippen LogP) is 1.42. The van der Waals surface area contributed by atoms with Crippen LogP contribution in [0.1, 0.15) is 0 Å². The van der Waals surface area contributed by atoms with Gasteiger partial charge in [-0.25, -0.2) is 0 Å². The van der Waals surface area contributed by atoms with Crippen molar-refractivity contribution in [1.29, 1.82) is 0 Å². The van der Waals surface area contributed by atoms with Gasteiger partial charge in [0.15, 0.2) is 0 Å². The lowest BCUT2D eigenvalue weighted by Gasteiger charge is -1.87. The third kappa shape index (κ3) is 1.05. The lowest BCUT2D eigenvalue weighted by atomic mass is 10.3. The fourth-order valence-corrected chi connectivity index (χ4v) is 1.07. The minimum atomic E-state index is 1.11. The summed E-state index contributed by atoms with van der Waals surface area (Å²) in [5, 5.41) is 4.07. The smallest absolute Gasteiger partial charge is 0.0583 e. The number of nitrogens with zero attached hydrogens (tertiary/aromatic N) is 2. The number of nitrogens with one attached hydrogen (secondary N) is 1. The normalized spacial score (nSPS) is 10.3. The molecule has 0 aromatic carbocycles. The van der Waals surface area contributed by atoms with E-state index in [4.69, 9.17) is 0 Å². The van der Waals surface area contributed by atoms with Gasteiger partial charge < -0.3 is 4.98 Å². The topological polar surface area (TPSA) is 33.6 Å². The zero-order valence-electron chi connectivity index (χ0n) is 6.28. The predicted molar refractivity (Wildman–Crippen MR) is 43.0 cm³/mol. The average Bonchev–Trinajstić information content (AvgIpc) is 2.55. The van der Waals surface area contributed by atoms with Crippen molar-refractivity contribution in [3.63, 3.8) is 0 Å². The standard InChI is InChI=1S/C8H9N3/c1-11-6-7(5-10-11)8-3-2-4-9-8/h2-6,9H,1H3. The summed E-state index contributed by atoms with van der Waals surface area (Å²) in [6, 6.07) is 4.00. The van der Waals surface area contributed by atoms with E-state index >= 15 is 0 Å². The molecular formula is C8H9N3. The lowest BCUT2D eigenvalue weighted by molar-refractivity contribution is 0.768. The van der Waals surface area contributed by atoms with E-state index < -0.39 is 0 Å². The molecule has 0 aliphatic carbocycles. The van der Waals surface area contributed by atoms with Gasteiger partial charge in [0.1, 0.15) is 0 Å². The first-order chi connectivity index (χ1) is 5.36. The Morgan fingerprint density at radius 1 is 1.55 bits per heavy atom. The molecule has 2 rings (SSSR count). The highest BCUT2D eigenvalue weighted by atomic mass is 15.2. The molecule has 0 aliphatic heterocycles. The second-order valence-electron chi connectivity index (χ2n) is 2.49. The highest BCUT2D eigenvalue weighted by Gasteiger charge is 1.98. The molecule has 0 spiro atoms. The molecule has 3 heteroatoms. The Morgan fingerprint density at radius 2 is 2.45 bits per heavy atom. The van der Waals surface area contributed by atoms with Gasteiger partial charge in [0.25, 0.3) is 0 Å². The molecule has 1 N–H and O–H groups in total. The number of aromatic amines is 1. The van der Waals surface area contributed by atoms with Crippen LogP contribution in [0.25, 0.3) is 11.3 Å². The van der Waals surface area contributed by atoms with Crippen LogP contribution < -0.4 is 0 Å². The molecule has 0 amide bonds. The van der Waals surface area contributed by atoms with Crippen LogP contribution in [0.3, 0.4) is 0 Å². The van der Waals surface area contributed by atoms with Gasteiger partial charge in [-0.1, -0.05) is 0 Å². The highest BCUT2D eigenvalue weighted by molar-refractivity contribution is 5.56. The molecule has 0 saturated heterocycles. The SMILES string of the molecule is Cn1cc(-c2ccc[nH]2)cn1. The van der Waals surface area contributed by atoms with Crippen LogP contribution in [0.5, 0.6) is 0 Å². The van der Waals surface area contributed by atoms with E-state index in [1.807, 2.05) is 37.8 Å². The second kappa shape index (κ2) is 2.27. The Kier molecular flexibility index (Phi) is 1.28. The average molecular weight is 147 g/mol. The van der Waals surface area contributed by atoms with Crippen molar-refractivity contribution in [2.45, 2.75) is 0 Å². The van der Waals surface area contributed by atoms with Crippen molar-refractivity contribution in [2.24, 2.45) is 7.05 Å². The molecule has 2 heterocycles. The van der Waals surface area contributed by atoms with Gasteiger partial charge in [-0.2, -0.15) is 5.10 Å². The number of aromatic nitrogens is 3. The van der Waals surface area contributed by atoms with Crippen molar-refractivity contribution in [2.75, 3.05) is 0 Å². The van der Waals surface area contributed by atoms with Crippen molar-refractivity contribution in [3.05, 3.63) is 30.7 Å². The Hall–Kier alpha value is -1.51. The molecule has 2 aromatic heterocycles. The van der Waals surface area contributed by atoms with E-state index in [0.29, 0.717) is 0 Å². The van der Waals surface area contributed by atoms with Gasteiger partial charge in [0, 0.05) is 30.7 Å². The molecular weight excluding hydrogens is 138 g/mol. The lowest BCUT2D eigenvalue weighted by Crippen LogP contribution is -1.84. The summed E-state index contributed by atoms with van der Waals surface area (Å²) in [5.41, 5.74) is 2.23.